The van der Waals surface area contributed by atoms with E-state index in [0.717, 1.165) is 10.9 Å². The van der Waals surface area contributed by atoms with Crippen LogP contribution < -0.4 is 15.6 Å². The van der Waals surface area contributed by atoms with E-state index in [0.29, 0.717) is 28.9 Å². The number of carbonyl (C=O) groups is 2. The van der Waals surface area contributed by atoms with Crippen molar-refractivity contribution < 1.29 is 14.3 Å². The topological polar surface area (TPSA) is 67.4 Å². The van der Waals surface area contributed by atoms with Gasteiger partial charge in [0.1, 0.15) is 5.75 Å². The molecule has 5 nitrogen and oxygen atoms in total. The monoisotopic (exact) mass is 472 g/mol. The van der Waals surface area contributed by atoms with Crippen molar-refractivity contribution in [3.8, 4) is 5.75 Å². The molecule has 0 aromatic heterocycles. The number of hydrogen-bond donors (Lipinski definition) is 2. The minimum Gasteiger partial charge on any atom is -0.493 e. The molecule has 0 saturated carbocycles. The third kappa shape index (κ3) is 6.41. The lowest BCUT2D eigenvalue weighted by atomic mass is 10.1. The summed E-state index contributed by atoms with van der Waals surface area (Å²) in [5.74, 6) is -0.132. The molecule has 27 heavy (non-hydrogen) atoms. The predicted molar refractivity (Wildman–Crippen MR) is 110 cm³/mol. The quantitative estimate of drug-likeness (QED) is 0.562. The highest BCUT2D eigenvalue weighted by Gasteiger charge is 2.16. The lowest BCUT2D eigenvalue weighted by Gasteiger charge is -2.14. The van der Waals surface area contributed by atoms with Gasteiger partial charge < -0.3 is 4.74 Å². The molecule has 0 atom stereocenters. The summed E-state index contributed by atoms with van der Waals surface area (Å²) in [6.07, 6.45) is 0.864. The third-order valence-electron chi connectivity index (χ3n) is 3.60. The fraction of sp³-hybridized carbons (Fsp3) is 0.263. The van der Waals surface area contributed by atoms with Crippen LogP contribution in [-0.2, 0) is 0 Å². The smallest absolute Gasteiger partial charge is 0.273 e. The molecule has 2 aromatic rings. The highest BCUT2D eigenvalue weighted by Crippen LogP contribution is 2.24. The van der Waals surface area contributed by atoms with E-state index in [2.05, 4.69) is 40.6 Å². The summed E-state index contributed by atoms with van der Waals surface area (Å²) in [6, 6.07) is 9.59. The molecule has 2 aromatic carbocycles. The predicted octanol–water partition coefficient (Wildman–Crippen LogP) is 5.26. The first-order valence-electron chi connectivity index (χ1n) is 8.26. The maximum atomic E-state index is 12.5. The minimum atomic E-state index is -0.553. The molecule has 0 heterocycles. The van der Waals surface area contributed by atoms with Gasteiger partial charge >= 0.3 is 0 Å². The number of rotatable bonds is 6. The molecular weight excluding hydrogens is 455 g/mol. The molecular formula is C19H19BrCl2N2O3. The second kappa shape index (κ2) is 9.97. The van der Waals surface area contributed by atoms with Crippen LogP contribution in [0.5, 0.6) is 5.75 Å². The van der Waals surface area contributed by atoms with Crippen molar-refractivity contribution >= 4 is 50.9 Å². The normalized spacial score (nSPS) is 10.6. The molecule has 0 saturated heterocycles. The van der Waals surface area contributed by atoms with E-state index in [1.807, 2.05) is 0 Å². The maximum absolute atomic E-state index is 12.5. The fourth-order valence-corrected chi connectivity index (χ4v) is 2.99. The molecule has 2 rings (SSSR count). The Labute approximate surface area is 176 Å². The van der Waals surface area contributed by atoms with Gasteiger partial charge in [-0.3, -0.25) is 20.4 Å². The van der Waals surface area contributed by atoms with Crippen LogP contribution >= 0.6 is 39.1 Å². The summed E-state index contributed by atoms with van der Waals surface area (Å²) < 4.78 is 6.44. The first-order valence-corrected chi connectivity index (χ1v) is 9.81. The van der Waals surface area contributed by atoms with Gasteiger partial charge in [0.25, 0.3) is 11.8 Å². The first-order chi connectivity index (χ1) is 12.8. The van der Waals surface area contributed by atoms with Gasteiger partial charge in [-0.2, -0.15) is 0 Å². The van der Waals surface area contributed by atoms with Crippen molar-refractivity contribution in [2.45, 2.75) is 20.3 Å². The van der Waals surface area contributed by atoms with Crippen molar-refractivity contribution in [3.05, 3.63) is 62.0 Å². The zero-order chi connectivity index (χ0) is 20.0. The van der Waals surface area contributed by atoms with Gasteiger partial charge in [-0.15, -0.1) is 0 Å². The first kappa shape index (κ1) is 21.5. The molecule has 8 heteroatoms. The molecule has 0 bridgehead atoms. The average molecular weight is 474 g/mol. The molecule has 0 radical (unpaired) electrons. The Morgan fingerprint density at radius 3 is 2.33 bits per heavy atom. The van der Waals surface area contributed by atoms with Gasteiger partial charge in [0.2, 0.25) is 0 Å². The second-order valence-corrected chi connectivity index (χ2v) is 7.96. The summed E-state index contributed by atoms with van der Waals surface area (Å²) in [5.41, 5.74) is 5.22. The van der Waals surface area contributed by atoms with Crippen LogP contribution in [0.15, 0.2) is 40.9 Å². The number of ether oxygens (including phenoxy) is 1. The Balaban J connectivity index is 2.06. The highest BCUT2D eigenvalue weighted by atomic mass is 79.9. The number of benzene rings is 2. The SMILES string of the molecule is CC(C)CCOc1ccc(Br)cc1C(=O)NNC(=O)c1ccc(Cl)cc1Cl. The van der Waals surface area contributed by atoms with Gasteiger partial charge in [-0.05, 0) is 48.7 Å². The summed E-state index contributed by atoms with van der Waals surface area (Å²) in [7, 11) is 0. The summed E-state index contributed by atoms with van der Waals surface area (Å²) >= 11 is 15.2. The van der Waals surface area contributed by atoms with Gasteiger partial charge in [0.05, 0.1) is 22.8 Å². The van der Waals surface area contributed by atoms with Gasteiger partial charge in [-0.25, -0.2) is 0 Å². The Bertz CT molecular complexity index is 844. The van der Waals surface area contributed by atoms with Crippen LogP contribution in [0.1, 0.15) is 41.0 Å². The number of amides is 2. The molecule has 2 N–H and O–H groups in total. The van der Waals surface area contributed by atoms with Crippen LogP contribution in [0.2, 0.25) is 10.0 Å². The van der Waals surface area contributed by atoms with Crippen LogP contribution in [0.4, 0.5) is 0 Å². The van der Waals surface area contributed by atoms with E-state index in [4.69, 9.17) is 27.9 Å². The Kier molecular flexibility index (Phi) is 7.95. The molecule has 144 valence electrons. The molecule has 0 aliphatic rings. The number of halogens is 3. The summed E-state index contributed by atoms with van der Waals surface area (Å²) in [6.45, 7) is 4.68. The maximum Gasteiger partial charge on any atom is 0.273 e. The second-order valence-electron chi connectivity index (χ2n) is 6.20. The van der Waals surface area contributed by atoms with E-state index < -0.39 is 11.8 Å². The van der Waals surface area contributed by atoms with Crippen molar-refractivity contribution in [2.24, 2.45) is 5.92 Å². The number of nitrogens with one attached hydrogen (secondary N) is 2. The molecule has 0 spiro atoms. The van der Waals surface area contributed by atoms with E-state index in [-0.39, 0.29) is 10.6 Å². The standard InChI is InChI=1S/C19H19BrCl2N2O3/c1-11(2)7-8-27-17-6-3-12(20)9-15(17)19(26)24-23-18(25)14-5-4-13(21)10-16(14)22/h3-6,9-11H,7-8H2,1-2H3,(H,23,25)(H,24,26). The van der Waals surface area contributed by atoms with Gasteiger partial charge in [0, 0.05) is 9.50 Å². The van der Waals surface area contributed by atoms with Crippen molar-refractivity contribution in [1.29, 1.82) is 0 Å². The van der Waals surface area contributed by atoms with Crippen LogP contribution in [0, 0.1) is 5.92 Å². The van der Waals surface area contributed by atoms with E-state index >= 15 is 0 Å². The lowest BCUT2D eigenvalue weighted by molar-refractivity contribution is 0.0844. The molecule has 0 fully saturated rings. The zero-order valence-corrected chi connectivity index (χ0v) is 17.9. The zero-order valence-electron chi connectivity index (χ0n) is 14.8. The molecule has 0 aliphatic heterocycles. The molecule has 0 unspecified atom stereocenters. The van der Waals surface area contributed by atoms with Crippen molar-refractivity contribution in [2.75, 3.05) is 6.61 Å². The van der Waals surface area contributed by atoms with E-state index in [1.165, 1.54) is 12.1 Å². The van der Waals surface area contributed by atoms with Gasteiger partial charge in [-0.1, -0.05) is 53.0 Å². The molecule has 2 amide bonds. The van der Waals surface area contributed by atoms with Crippen LogP contribution in [0.25, 0.3) is 0 Å². The third-order valence-corrected chi connectivity index (χ3v) is 4.65. The minimum absolute atomic E-state index is 0.189. The number of hydrazine groups is 1. The Morgan fingerprint density at radius 1 is 1.04 bits per heavy atom. The highest BCUT2D eigenvalue weighted by molar-refractivity contribution is 9.10. The average Bonchev–Trinajstić information content (AvgIpc) is 2.60. The van der Waals surface area contributed by atoms with Gasteiger partial charge in [0.15, 0.2) is 0 Å². The lowest BCUT2D eigenvalue weighted by Crippen LogP contribution is -2.41. The number of carbonyl (C=O) groups excluding carboxylic acids is 2. The van der Waals surface area contributed by atoms with Crippen LogP contribution in [-0.4, -0.2) is 18.4 Å². The van der Waals surface area contributed by atoms with Crippen molar-refractivity contribution in [1.82, 2.24) is 10.9 Å². The number of hydrogen-bond acceptors (Lipinski definition) is 3. The van der Waals surface area contributed by atoms with Crippen LogP contribution in [0.3, 0.4) is 0 Å². The Morgan fingerprint density at radius 2 is 1.70 bits per heavy atom. The molecule has 0 aliphatic carbocycles. The van der Waals surface area contributed by atoms with Crippen molar-refractivity contribution in [3.63, 3.8) is 0 Å². The largest absolute Gasteiger partial charge is 0.493 e. The van der Waals surface area contributed by atoms with E-state index in [1.54, 1.807) is 24.3 Å². The van der Waals surface area contributed by atoms with E-state index in [9.17, 15) is 9.59 Å². The summed E-state index contributed by atoms with van der Waals surface area (Å²) in [5, 5.41) is 0.604. The fourth-order valence-electron chi connectivity index (χ4n) is 2.13. The summed E-state index contributed by atoms with van der Waals surface area (Å²) in [4.78, 5) is 24.7. The Hall–Kier alpha value is -1.76.